The largest absolute Gasteiger partial charge is 0.119 e. The van der Waals surface area contributed by atoms with Crippen LogP contribution < -0.4 is 0 Å². The molecule has 1 aliphatic rings. The second kappa shape index (κ2) is 3.06. The Kier molecular flexibility index (Phi) is 2.72. The molecule has 0 radical (unpaired) electrons. The zero-order valence-electron chi connectivity index (χ0n) is 8.32. The lowest BCUT2D eigenvalue weighted by Crippen LogP contribution is -2.55. The van der Waals surface area contributed by atoms with Gasteiger partial charge in [-0.1, -0.05) is 27.7 Å². The quantitative estimate of drug-likeness (QED) is 0.602. The fourth-order valence-corrected chi connectivity index (χ4v) is 2.83. The molecule has 0 unspecified atom stereocenters. The van der Waals surface area contributed by atoms with Crippen molar-refractivity contribution in [1.29, 1.82) is 0 Å². The van der Waals surface area contributed by atoms with E-state index in [0.29, 0.717) is 11.8 Å². The van der Waals surface area contributed by atoms with Crippen LogP contribution in [0.5, 0.6) is 0 Å². The third kappa shape index (κ3) is 1.61. The third-order valence-electron chi connectivity index (χ3n) is 3.24. The van der Waals surface area contributed by atoms with Crippen LogP contribution in [0.4, 0.5) is 0 Å². The lowest BCUT2D eigenvalue weighted by Gasteiger charge is -2.54. The van der Waals surface area contributed by atoms with E-state index in [1.165, 1.54) is 0 Å². The summed E-state index contributed by atoms with van der Waals surface area (Å²) >= 11 is 12.8. The molecule has 0 aromatic carbocycles. The molecule has 0 nitrogen and oxygen atoms in total. The summed E-state index contributed by atoms with van der Waals surface area (Å²) in [6.07, 6.45) is 1.91. The molecule has 0 amide bonds. The molecule has 12 heavy (non-hydrogen) atoms. The second-order valence-corrected chi connectivity index (χ2v) is 6.24. The van der Waals surface area contributed by atoms with Crippen molar-refractivity contribution >= 4 is 23.2 Å². The Morgan fingerprint density at radius 3 is 1.25 bits per heavy atom. The number of hydrogen-bond donors (Lipinski definition) is 0. The number of halogens is 2. The number of rotatable bonds is 2. The summed E-state index contributed by atoms with van der Waals surface area (Å²) in [5.41, 5.74) is 0. The molecular weight excluding hydrogens is 191 g/mol. The Bertz CT molecular complexity index is 149. The topological polar surface area (TPSA) is 0 Å². The van der Waals surface area contributed by atoms with Crippen molar-refractivity contribution in [3.05, 3.63) is 0 Å². The van der Waals surface area contributed by atoms with Crippen LogP contribution in [0.25, 0.3) is 0 Å². The minimum atomic E-state index is -0.0218. The summed E-state index contributed by atoms with van der Waals surface area (Å²) in [4.78, 5) is -0.0436. The van der Waals surface area contributed by atoms with Crippen LogP contribution in [0.3, 0.4) is 0 Å². The maximum absolute atomic E-state index is 6.39. The smallest absolute Gasteiger partial charge is 0.0503 e. The van der Waals surface area contributed by atoms with Crippen molar-refractivity contribution in [2.75, 3.05) is 0 Å². The summed E-state index contributed by atoms with van der Waals surface area (Å²) in [6.45, 7) is 8.68. The van der Waals surface area contributed by atoms with Gasteiger partial charge in [0.05, 0.1) is 9.75 Å². The maximum Gasteiger partial charge on any atom is 0.0503 e. The van der Waals surface area contributed by atoms with Crippen LogP contribution in [-0.2, 0) is 0 Å². The van der Waals surface area contributed by atoms with E-state index >= 15 is 0 Å². The van der Waals surface area contributed by atoms with Crippen LogP contribution in [0, 0.1) is 11.8 Å². The van der Waals surface area contributed by atoms with E-state index in [1.54, 1.807) is 0 Å². The molecule has 1 aliphatic carbocycles. The van der Waals surface area contributed by atoms with Crippen molar-refractivity contribution in [3.63, 3.8) is 0 Å². The third-order valence-corrected chi connectivity index (χ3v) is 4.65. The lowest BCUT2D eigenvalue weighted by molar-refractivity contribution is 0.155. The first-order valence-electron chi connectivity index (χ1n) is 4.68. The van der Waals surface area contributed by atoms with Gasteiger partial charge in [-0.2, -0.15) is 0 Å². The Morgan fingerprint density at radius 1 is 0.833 bits per heavy atom. The van der Waals surface area contributed by atoms with Crippen molar-refractivity contribution < 1.29 is 0 Å². The Labute approximate surface area is 85.6 Å². The van der Waals surface area contributed by atoms with Crippen LogP contribution in [0.1, 0.15) is 40.5 Å². The molecule has 2 heteroatoms. The molecule has 0 N–H and O–H groups in total. The molecule has 0 spiro atoms. The van der Waals surface area contributed by atoms with Gasteiger partial charge in [0.2, 0.25) is 0 Å². The van der Waals surface area contributed by atoms with Crippen molar-refractivity contribution in [1.82, 2.24) is 0 Å². The van der Waals surface area contributed by atoms with Crippen LogP contribution >= 0.6 is 23.2 Å². The molecule has 0 aromatic rings. The summed E-state index contributed by atoms with van der Waals surface area (Å²) in [6, 6.07) is 0. The van der Waals surface area contributed by atoms with Crippen LogP contribution in [0.2, 0.25) is 0 Å². The highest BCUT2D eigenvalue weighted by molar-refractivity contribution is 6.31. The Morgan fingerprint density at radius 2 is 1.08 bits per heavy atom. The van der Waals surface area contributed by atoms with Gasteiger partial charge in [-0.15, -0.1) is 23.2 Å². The molecule has 0 atom stereocenters. The minimum Gasteiger partial charge on any atom is -0.119 e. The Balaban J connectivity index is 2.56. The van der Waals surface area contributed by atoms with Crippen molar-refractivity contribution in [2.45, 2.75) is 50.3 Å². The molecular formula is C10H18Cl2. The summed E-state index contributed by atoms with van der Waals surface area (Å²) in [5.74, 6) is 1.06. The van der Waals surface area contributed by atoms with E-state index in [1.807, 2.05) is 0 Å². The van der Waals surface area contributed by atoms with Gasteiger partial charge < -0.3 is 0 Å². The average molecular weight is 209 g/mol. The predicted molar refractivity (Wildman–Crippen MR) is 56.1 cm³/mol. The van der Waals surface area contributed by atoms with Crippen LogP contribution in [-0.4, -0.2) is 9.75 Å². The van der Waals surface area contributed by atoms with Gasteiger partial charge in [0.25, 0.3) is 0 Å². The number of alkyl halides is 2. The first-order chi connectivity index (χ1) is 5.30. The molecule has 1 fully saturated rings. The van der Waals surface area contributed by atoms with Gasteiger partial charge in [0, 0.05) is 0 Å². The van der Waals surface area contributed by atoms with E-state index in [4.69, 9.17) is 23.2 Å². The number of hydrogen-bond acceptors (Lipinski definition) is 0. The van der Waals surface area contributed by atoms with Crippen molar-refractivity contribution in [2.24, 2.45) is 11.8 Å². The fraction of sp³-hybridized carbons (Fsp3) is 1.00. The SMILES string of the molecule is CC(C)C1(Cl)CC(Cl)(C(C)C)C1. The molecule has 1 saturated carbocycles. The highest BCUT2D eigenvalue weighted by Crippen LogP contribution is 2.57. The molecule has 72 valence electrons. The summed E-state index contributed by atoms with van der Waals surface area (Å²) < 4.78 is 0. The molecule has 0 aromatic heterocycles. The van der Waals surface area contributed by atoms with Gasteiger partial charge in [-0.05, 0) is 24.7 Å². The maximum atomic E-state index is 6.39. The van der Waals surface area contributed by atoms with E-state index in [2.05, 4.69) is 27.7 Å². The standard InChI is InChI=1S/C10H18Cl2/c1-7(2)9(11)5-10(12,6-9)8(3)4/h7-8H,5-6H2,1-4H3. The van der Waals surface area contributed by atoms with Gasteiger partial charge in [0.1, 0.15) is 0 Å². The van der Waals surface area contributed by atoms with E-state index in [9.17, 15) is 0 Å². The van der Waals surface area contributed by atoms with E-state index in [0.717, 1.165) is 12.8 Å². The zero-order chi connectivity index (χ0) is 9.57. The van der Waals surface area contributed by atoms with Gasteiger partial charge in [-0.25, -0.2) is 0 Å². The molecule has 0 aliphatic heterocycles. The first kappa shape index (κ1) is 10.7. The summed E-state index contributed by atoms with van der Waals surface area (Å²) in [7, 11) is 0. The van der Waals surface area contributed by atoms with Gasteiger partial charge in [-0.3, -0.25) is 0 Å². The zero-order valence-corrected chi connectivity index (χ0v) is 9.84. The van der Waals surface area contributed by atoms with E-state index in [-0.39, 0.29) is 9.75 Å². The second-order valence-electron chi connectivity index (χ2n) is 4.73. The van der Waals surface area contributed by atoms with Gasteiger partial charge in [0.15, 0.2) is 0 Å². The highest BCUT2D eigenvalue weighted by atomic mass is 35.5. The molecule has 0 saturated heterocycles. The monoisotopic (exact) mass is 208 g/mol. The normalized spacial score (nSPS) is 42.0. The van der Waals surface area contributed by atoms with Gasteiger partial charge >= 0.3 is 0 Å². The molecule has 1 rings (SSSR count). The average Bonchev–Trinajstić information content (AvgIpc) is 1.83. The van der Waals surface area contributed by atoms with Crippen molar-refractivity contribution in [3.8, 4) is 0 Å². The molecule has 0 heterocycles. The van der Waals surface area contributed by atoms with Crippen LogP contribution in [0.15, 0.2) is 0 Å². The fourth-order valence-electron chi connectivity index (χ4n) is 1.74. The van der Waals surface area contributed by atoms with E-state index < -0.39 is 0 Å². The predicted octanol–water partition coefficient (Wildman–Crippen LogP) is 4.05. The highest BCUT2D eigenvalue weighted by Gasteiger charge is 2.55. The lowest BCUT2D eigenvalue weighted by atomic mass is 9.64. The Hall–Kier alpha value is 0.580. The molecule has 0 bridgehead atoms. The minimum absolute atomic E-state index is 0.0218. The first-order valence-corrected chi connectivity index (χ1v) is 5.43. The summed E-state index contributed by atoms with van der Waals surface area (Å²) in [5, 5.41) is 0.